The zero-order valence-electron chi connectivity index (χ0n) is 15.1. The number of aliphatic carboxylic acids is 1. The molecule has 3 unspecified atom stereocenters. The van der Waals surface area contributed by atoms with Crippen molar-refractivity contribution < 1.29 is 29.1 Å². The van der Waals surface area contributed by atoms with Gasteiger partial charge in [-0.3, -0.25) is 19.2 Å². The summed E-state index contributed by atoms with van der Waals surface area (Å²) in [6.07, 6.45) is -0.254. The molecule has 0 spiro atoms. The summed E-state index contributed by atoms with van der Waals surface area (Å²) < 4.78 is 0. The highest BCUT2D eigenvalue weighted by molar-refractivity contribution is 5.95. The van der Waals surface area contributed by atoms with Gasteiger partial charge in [0.15, 0.2) is 0 Å². The van der Waals surface area contributed by atoms with E-state index in [9.17, 15) is 24.0 Å². The van der Waals surface area contributed by atoms with E-state index in [1.165, 1.54) is 6.92 Å². The Balaban J connectivity index is 4.90. The number of hydrogen-bond donors (Lipinski definition) is 6. The summed E-state index contributed by atoms with van der Waals surface area (Å²) in [5, 5.41) is 16.0. The number of nitrogens with one attached hydrogen (secondary N) is 3. The number of rotatable bonds is 11. The maximum atomic E-state index is 12.2. The van der Waals surface area contributed by atoms with Crippen LogP contribution < -0.4 is 27.4 Å². The van der Waals surface area contributed by atoms with Crippen LogP contribution in [0.4, 0.5) is 0 Å². The molecule has 148 valence electrons. The minimum atomic E-state index is -1.29. The van der Waals surface area contributed by atoms with Crippen molar-refractivity contribution in [2.75, 3.05) is 6.54 Å². The van der Waals surface area contributed by atoms with E-state index in [0.29, 0.717) is 0 Å². The highest BCUT2D eigenvalue weighted by Crippen LogP contribution is 2.05. The van der Waals surface area contributed by atoms with Crippen molar-refractivity contribution in [1.29, 1.82) is 0 Å². The van der Waals surface area contributed by atoms with Gasteiger partial charge in [-0.15, -0.1) is 0 Å². The van der Waals surface area contributed by atoms with Crippen molar-refractivity contribution in [1.82, 2.24) is 16.0 Å². The Morgan fingerprint density at radius 1 is 0.923 bits per heavy atom. The minimum absolute atomic E-state index is 0.0349. The van der Waals surface area contributed by atoms with Gasteiger partial charge in [-0.1, -0.05) is 13.8 Å². The number of carboxylic acid groups (broad SMARTS) is 1. The second kappa shape index (κ2) is 11.0. The fourth-order valence-electron chi connectivity index (χ4n) is 2.03. The minimum Gasteiger partial charge on any atom is -0.480 e. The average Bonchev–Trinajstić information content (AvgIpc) is 2.52. The summed E-state index contributed by atoms with van der Waals surface area (Å²) >= 11 is 0. The average molecular weight is 373 g/mol. The third kappa shape index (κ3) is 8.97. The Morgan fingerprint density at radius 3 is 1.92 bits per heavy atom. The van der Waals surface area contributed by atoms with Gasteiger partial charge in [-0.05, 0) is 19.3 Å². The van der Waals surface area contributed by atoms with Crippen LogP contribution in [0, 0.1) is 5.92 Å². The lowest BCUT2D eigenvalue weighted by atomic mass is 10.0. The fourth-order valence-corrected chi connectivity index (χ4v) is 2.03. The first kappa shape index (κ1) is 23.3. The third-order valence-electron chi connectivity index (χ3n) is 3.32. The second-order valence-corrected chi connectivity index (χ2v) is 6.25. The number of carboxylic acids is 1. The molecule has 4 amide bonds. The fraction of sp³-hybridized carbons (Fsp3) is 0.667. The zero-order chi connectivity index (χ0) is 20.4. The van der Waals surface area contributed by atoms with Crippen molar-refractivity contribution in [2.24, 2.45) is 17.4 Å². The molecule has 0 aromatic rings. The summed E-state index contributed by atoms with van der Waals surface area (Å²) in [5.41, 5.74) is 10.2. The molecule has 0 bridgehead atoms. The SMILES string of the molecule is CC(C)CC(NC(=O)C(C)NC(=O)C(CC(N)=O)NC(=O)CN)C(=O)O. The summed E-state index contributed by atoms with van der Waals surface area (Å²) in [5.74, 6) is -4.19. The molecule has 0 saturated heterocycles. The zero-order valence-corrected chi connectivity index (χ0v) is 15.1. The van der Waals surface area contributed by atoms with Crippen molar-refractivity contribution in [2.45, 2.75) is 51.7 Å². The van der Waals surface area contributed by atoms with E-state index in [2.05, 4.69) is 16.0 Å². The molecule has 0 aliphatic carbocycles. The molecule has 0 aliphatic rings. The molecule has 11 nitrogen and oxygen atoms in total. The van der Waals surface area contributed by atoms with Crippen molar-refractivity contribution in [3.8, 4) is 0 Å². The summed E-state index contributed by atoms with van der Waals surface area (Å²) in [6, 6.07) is -3.48. The Hall–Kier alpha value is -2.69. The lowest BCUT2D eigenvalue weighted by Gasteiger charge is -2.22. The number of hydrogen-bond acceptors (Lipinski definition) is 6. The monoisotopic (exact) mass is 373 g/mol. The Labute approximate surface area is 151 Å². The molecule has 0 heterocycles. The van der Waals surface area contributed by atoms with Gasteiger partial charge in [0.25, 0.3) is 0 Å². The maximum Gasteiger partial charge on any atom is 0.326 e. The van der Waals surface area contributed by atoms with Crippen LogP contribution in [0.5, 0.6) is 0 Å². The molecule has 8 N–H and O–H groups in total. The molecule has 11 heteroatoms. The molecular formula is C15H27N5O6. The molecule has 26 heavy (non-hydrogen) atoms. The van der Waals surface area contributed by atoms with Crippen molar-refractivity contribution in [3.63, 3.8) is 0 Å². The predicted octanol–water partition coefficient (Wildman–Crippen LogP) is -2.57. The summed E-state index contributed by atoms with van der Waals surface area (Å²) in [6.45, 7) is 4.56. The number of amides is 4. The van der Waals surface area contributed by atoms with Gasteiger partial charge in [-0.2, -0.15) is 0 Å². The molecule has 3 atom stereocenters. The van der Waals surface area contributed by atoms with Gasteiger partial charge in [0.1, 0.15) is 18.1 Å². The molecule has 0 aromatic heterocycles. The van der Waals surface area contributed by atoms with Gasteiger partial charge in [0.05, 0.1) is 13.0 Å². The molecule has 0 rings (SSSR count). The lowest BCUT2D eigenvalue weighted by molar-refractivity contribution is -0.142. The molecule has 0 aliphatic heterocycles. The van der Waals surface area contributed by atoms with Gasteiger partial charge in [-0.25, -0.2) is 4.79 Å². The molecule has 0 radical (unpaired) electrons. The predicted molar refractivity (Wildman–Crippen MR) is 91.4 cm³/mol. The molecule has 0 saturated carbocycles. The summed E-state index contributed by atoms with van der Waals surface area (Å²) in [7, 11) is 0. The van der Waals surface area contributed by atoms with Crippen LogP contribution in [0.3, 0.4) is 0 Å². The van der Waals surface area contributed by atoms with Crippen LogP contribution in [0.25, 0.3) is 0 Å². The quantitative estimate of drug-likeness (QED) is 0.229. The Bertz CT molecular complexity index is 551. The molecular weight excluding hydrogens is 346 g/mol. The van der Waals surface area contributed by atoms with E-state index in [1.54, 1.807) is 0 Å². The van der Waals surface area contributed by atoms with Crippen molar-refractivity contribution >= 4 is 29.6 Å². The first-order valence-electron chi connectivity index (χ1n) is 8.09. The Kier molecular flexibility index (Phi) is 9.89. The van der Waals surface area contributed by atoms with Crippen LogP contribution in [-0.4, -0.2) is 59.4 Å². The van der Waals surface area contributed by atoms with Crippen LogP contribution in [0.15, 0.2) is 0 Å². The topological polar surface area (TPSA) is 194 Å². The number of carbonyl (C=O) groups is 5. The highest BCUT2D eigenvalue weighted by Gasteiger charge is 2.28. The first-order chi connectivity index (χ1) is 12.0. The second-order valence-electron chi connectivity index (χ2n) is 6.25. The van der Waals surface area contributed by atoms with Crippen LogP contribution in [-0.2, 0) is 24.0 Å². The molecule has 0 aromatic carbocycles. The van der Waals surface area contributed by atoms with E-state index >= 15 is 0 Å². The van der Waals surface area contributed by atoms with E-state index in [4.69, 9.17) is 16.6 Å². The standard InChI is InChI=1S/C15H27N5O6/c1-7(2)4-10(15(25)26)20-13(23)8(3)18-14(24)9(5-11(17)21)19-12(22)6-16/h7-10H,4-6,16H2,1-3H3,(H2,17,21)(H,18,24)(H,19,22)(H,20,23)(H,25,26). The summed E-state index contributed by atoms with van der Waals surface area (Å²) in [4.78, 5) is 57.8. The third-order valence-corrected chi connectivity index (χ3v) is 3.32. The first-order valence-corrected chi connectivity index (χ1v) is 8.09. The Morgan fingerprint density at radius 2 is 1.50 bits per heavy atom. The number of nitrogens with two attached hydrogens (primary N) is 2. The largest absolute Gasteiger partial charge is 0.480 e. The normalized spacial score (nSPS) is 14.0. The lowest BCUT2D eigenvalue weighted by Crippen LogP contribution is -2.56. The van der Waals surface area contributed by atoms with Crippen LogP contribution in [0.1, 0.15) is 33.6 Å². The van der Waals surface area contributed by atoms with Crippen LogP contribution >= 0.6 is 0 Å². The van der Waals surface area contributed by atoms with Crippen molar-refractivity contribution in [3.05, 3.63) is 0 Å². The van der Waals surface area contributed by atoms with E-state index < -0.39 is 60.7 Å². The van der Waals surface area contributed by atoms with E-state index in [0.717, 1.165) is 0 Å². The van der Waals surface area contributed by atoms with Gasteiger partial charge in [0.2, 0.25) is 23.6 Å². The molecule has 0 fully saturated rings. The van der Waals surface area contributed by atoms with Gasteiger partial charge < -0.3 is 32.5 Å². The maximum absolute atomic E-state index is 12.2. The van der Waals surface area contributed by atoms with Gasteiger partial charge >= 0.3 is 5.97 Å². The van der Waals surface area contributed by atoms with Gasteiger partial charge in [0, 0.05) is 0 Å². The van der Waals surface area contributed by atoms with E-state index in [-0.39, 0.29) is 12.3 Å². The van der Waals surface area contributed by atoms with E-state index in [1.807, 2.05) is 13.8 Å². The number of carbonyl (C=O) groups excluding carboxylic acids is 4. The smallest absolute Gasteiger partial charge is 0.326 e. The highest BCUT2D eigenvalue weighted by atomic mass is 16.4. The number of primary amides is 1. The van der Waals surface area contributed by atoms with Crippen LogP contribution in [0.2, 0.25) is 0 Å².